The van der Waals surface area contributed by atoms with Crippen molar-refractivity contribution in [3.8, 4) is 0 Å². The molecule has 76 valence electrons. The highest BCUT2D eigenvalue weighted by Crippen LogP contribution is 2.23. The molecule has 1 unspecified atom stereocenters. The summed E-state index contributed by atoms with van der Waals surface area (Å²) in [7, 11) is 0. The molecule has 3 heteroatoms. The zero-order chi connectivity index (χ0) is 9.97. The second kappa shape index (κ2) is 4.49. The van der Waals surface area contributed by atoms with E-state index in [2.05, 4.69) is 51.8 Å². The standard InChI is InChI=1S/C11H14INO/c12-10-1-3-11(4-2-10)13-6-5-9(7-13)8-14/h1-4,9,14H,5-8H2. The molecule has 1 heterocycles. The maximum Gasteiger partial charge on any atom is 0.0476 e. The lowest BCUT2D eigenvalue weighted by Crippen LogP contribution is -2.20. The largest absolute Gasteiger partial charge is 0.396 e. The molecule has 2 nitrogen and oxygen atoms in total. The van der Waals surface area contributed by atoms with Gasteiger partial charge < -0.3 is 10.0 Å². The number of hydrogen-bond donors (Lipinski definition) is 1. The Morgan fingerprint density at radius 1 is 1.36 bits per heavy atom. The Balaban J connectivity index is 2.06. The zero-order valence-electron chi connectivity index (χ0n) is 7.99. The topological polar surface area (TPSA) is 23.5 Å². The molecule has 0 aromatic heterocycles. The molecule has 0 radical (unpaired) electrons. The first-order chi connectivity index (χ1) is 6.79. The Morgan fingerprint density at radius 3 is 2.64 bits per heavy atom. The Kier molecular flexibility index (Phi) is 3.28. The van der Waals surface area contributed by atoms with E-state index in [-0.39, 0.29) is 0 Å². The van der Waals surface area contributed by atoms with E-state index in [0.29, 0.717) is 12.5 Å². The fourth-order valence-electron chi connectivity index (χ4n) is 1.87. The van der Waals surface area contributed by atoms with Crippen LogP contribution in [0.1, 0.15) is 6.42 Å². The van der Waals surface area contributed by atoms with Crippen molar-refractivity contribution >= 4 is 28.3 Å². The molecule has 14 heavy (non-hydrogen) atoms. The van der Waals surface area contributed by atoms with Crippen LogP contribution in [0.25, 0.3) is 0 Å². The molecule has 1 atom stereocenters. The van der Waals surface area contributed by atoms with Crippen molar-refractivity contribution < 1.29 is 5.11 Å². The minimum absolute atomic E-state index is 0.320. The molecule has 1 aliphatic rings. The summed E-state index contributed by atoms with van der Waals surface area (Å²) in [6, 6.07) is 8.56. The molecule has 1 fully saturated rings. The fraction of sp³-hybridized carbons (Fsp3) is 0.455. The minimum atomic E-state index is 0.320. The Morgan fingerprint density at radius 2 is 2.07 bits per heavy atom. The summed E-state index contributed by atoms with van der Waals surface area (Å²) in [6.07, 6.45) is 1.11. The van der Waals surface area contributed by atoms with E-state index in [1.54, 1.807) is 0 Å². The summed E-state index contributed by atoms with van der Waals surface area (Å²) in [5.74, 6) is 0.467. The third kappa shape index (κ3) is 2.20. The van der Waals surface area contributed by atoms with Gasteiger partial charge in [-0.25, -0.2) is 0 Å². The van der Waals surface area contributed by atoms with Crippen LogP contribution in [0.15, 0.2) is 24.3 Å². The highest BCUT2D eigenvalue weighted by molar-refractivity contribution is 14.1. The van der Waals surface area contributed by atoms with Gasteiger partial charge in [0.1, 0.15) is 0 Å². The van der Waals surface area contributed by atoms with E-state index in [1.165, 1.54) is 9.26 Å². The highest BCUT2D eigenvalue weighted by atomic mass is 127. The molecule has 1 aliphatic heterocycles. The third-order valence-corrected chi connectivity index (χ3v) is 3.45. The molecular weight excluding hydrogens is 289 g/mol. The molecule has 1 aromatic carbocycles. The summed E-state index contributed by atoms with van der Waals surface area (Å²) < 4.78 is 1.27. The smallest absolute Gasteiger partial charge is 0.0476 e. The minimum Gasteiger partial charge on any atom is -0.396 e. The number of aliphatic hydroxyl groups is 1. The van der Waals surface area contributed by atoms with Gasteiger partial charge >= 0.3 is 0 Å². The van der Waals surface area contributed by atoms with Crippen molar-refractivity contribution in [1.82, 2.24) is 0 Å². The van der Waals surface area contributed by atoms with Gasteiger partial charge in [0.2, 0.25) is 0 Å². The summed E-state index contributed by atoms with van der Waals surface area (Å²) in [5, 5.41) is 9.05. The van der Waals surface area contributed by atoms with Gasteiger partial charge in [-0.05, 0) is 53.3 Å². The summed E-state index contributed by atoms with van der Waals surface area (Å²) in [6.45, 7) is 2.39. The van der Waals surface area contributed by atoms with E-state index in [1.807, 2.05) is 0 Å². The van der Waals surface area contributed by atoms with Gasteiger partial charge in [0.15, 0.2) is 0 Å². The van der Waals surface area contributed by atoms with Crippen LogP contribution in [-0.4, -0.2) is 24.8 Å². The number of aliphatic hydroxyl groups excluding tert-OH is 1. The lowest BCUT2D eigenvalue weighted by molar-refractivity contribution is 0.238. The molecule has 0 amide bonds. The van der Waals surface area contributed by atoms with Crippen LogP contribution < -0.4 is 4.90 Å². The number of hydrogen-bond acceptors (Lipinski definition) is 2. The zero-order valence-corrected chi connectivity index (χ0v) is 10.1. The number of benzene rings is 1. The summed E-state index contributed by atoms with van der Waals surface area (Å²) in [4.78, 5) is 2.34. The van der Waals surface area contributed by atoms with Gasteiger partial charge in [-0.2, -0.15) is 0 Å². The maximum absolute atomic E-state index is 9.05. The Labute approximate surface area is 98.1 Å². The summed E-state index contributed by atoms with van der Waals surface area (Å²) >= 11 is 2.31. The molecule has 2 rings (SSSR count). The summed E-state index contributed by atoms with van der Waals surface area (Å²) in [5.41, 5.74) is 1.28. The van der Waals surface area contributed by atoms with Crippen molar-refractivity contribution in [2.45, 2.75) is 6.42 Å². The van der Waals surface area contributed by atoms with Gasteiger partial charge in [0, 0.05) is 34.9 Å². The van der Waals surface area contributed by atoms with Gasteiger partial charge in [0.25, 0.3) is 0 Å². The SMILES string of the molecule is OCC1CCN(c2ccc(I)cc2)C1. The third-order valence-electron chi connectivity index (χ3n) is 2.74. The quantitative estimate of drug-likeness (QED) is 0.846. The van der Waals surface area contributed by atoms with Gasteiger partial charge in [-0.3, -0.25) is 0 Å². The lowest BCUT2D eigenvalue weighted by Gasteiger charge is -2.18. The van der Waals surface area contributed by atoms with Gasteiger partial charge in [-0.15, -0.1) is 0 Å². The fourth-order valence-corrected chi connectivity index (χ4v) is 2.23. The van der Waals surface area contributed by atoms with Crippen molar-refractivity contribution in [1.29, 1.82) is 0 Å². The molecular formula is C11H14INO. The van der Waals surface area contributed by atoms with E-state index >= 15 is 0 Å². The van der Waals surface area contributed by atoms with Crippen LogP contribution in [-0.2, 0) is 0 Å². The van der Waals surface area contributed by atoms with Crippen molar-refractivity contribution in [3.05, 3.63) is 27.8 Å². The first kappa shape index (κ1) is 10.2. The van der Waals surface area contributed by atoms with E-state index in [0.717, 1.165) is 19.5 Å². The van der Waals surface area contributed by atoms with Crippen LogP contribution in [0.5, 0.6) is 0 Å². The van der Waals surface area contributed by atoms with Crippen LogP contribution in [0.3, 0.4) is 0 Å². The molecule has 1 N–H and O–H groups in total. The van der Waals surface area contributed by atoms with Crippen molar-refractivity contribution in [3.63, 3.8) is 0 Å². The number of nitrogens with zero attached hydrogens (tertiary/aromatic N) is 1. The average Bonchev–Trinajstić information content (AvgIpc) is 2.67. The predicted molar refractivity (Wildman–Crippen MR) is 66.6 cm³/mol. The number of halogens is 1. The molecule has 1 saturated heterocycles. The molecule has 0 aliphatic carbocycles. The molecule has 1 aromatic rings. The Bertz CT molecular complexity index is 299. The molecule has 0 saturated carbocycles. The van der Waals surface area contributed by atoms with E-state index in [4.69, 9.17) is 5.11 Å². The maximum atomic E-state index is 9.05. The first-order valence-corrected chi connectivity index (χ1v) is 5.99. The Hall–Kier alpha value is -0.290. The predicted octanol–water partition coefficient (Wildman–Crippen LogP) is 2.11. The van der Waals surface area contributed by atoms with E-state index < -0.39 is 0 Å². The normalized spacial score (nSPS) is 21.6. The molecule has 0 bridgehead atoms. The number of anilines is 1. The van der Waals surface area contributed by atoms with Crippen LogP contribution in [0.2, 0.25) is 0 Å². The van der Waals surface area contributed by atoms with Gasteiger partial charge in [-0.1, -0.05) is 0 Å². The lowest BCUT2D eigenvalue weighted by atomic mass is 10.1. The second-order valence-corrected chi connectivity index (χ2v) is 5.01. The second-order valence-electron chi connectivity index (χ2n) is 3.76. The van der Waals surface area contributed by atoms with Crippen molar-refractivity contribution in [2.24, 2.45) is 5.92 Å². The highest BCUT2D eigenvalue weighted by Gasteiger charge is 2.21. The monoisotopic (exact) mass is 303 g/mol. The first-order valence-electron chi connectivity index (χ1n) is 4.91. The van der Waals surface area contributed by atoms with Crippen LogP contribution in [0, 0.1) is 9.49 Å². The van der Waals surface area contributed by atoms with Gasteiger partial charge in [0.05, 0.1) is 0 Å². The van der Waals surface area contributed by atoms with Crippen LogP contribution >= 0.6 is 22.6 Å². The number of rotatable bonds is 2. The average molecular weight is 303 g/mol. The van der Waals surface area contributed by atoms with Crippen LogP contribution in [0.4, 0.5) is 5.69 Å². The van der Waals surface area contributed by atoms with E-state index in [9.17, 15) is 0 Å². The molecule has 0 spiro atoms. The van der Waals surface area contributed by atoms with Crippen molar-refractivity contribution in [2.75, 3.05) is 24.6 Å².